The van der Waals surface area contributed by atoms with E-state index in [0.29, 0.717) is 41.6 Å². The molecule has 3 aromatic rings. The lowest BCUT2D eigenvalue weighted by Gasteiger charge is -2.28. The number of carbonyl (C=O) groups excluding carboxylic acids is 3. The van der Waals surface area contributed by atoms with E-state index < -0.39 is 68.5 Å². The highest BCUT2D eigenvalue weighted by molar-refractivity contribution is 7.91. The number of rotatable bonds is 7. The van der Waals surface area contributed by atoms with Gasteiger partial charge in [0.1, 0.15) is 34.1 Å². The number of allylic oxidation sites excluding steroid dienone is 1. The molecule has 11 nitrogen and oxygen atoms in total. The van der Waals surface area contributed by atoms with Gasteiger partial charge in [0.15, 0.2) is 5.69 Å². The standard InChI is InChI=1S/C37H41ClF3N5O6S2/c1-3-21-11-14-25-28(16-26(42-31(25)30(21)38)33-43-29(19-53-33)37(39,40)41)52-23-15-27-32(47)44-36(35(49)45-54(50,51)24-12-13-24)17-22(36)10-8-6-4-5-7-9-20(2)34(48)46(27)18-23/h8,10-11,14,16,19-20,22-24,27H,3-7,9,12-13,15,17-18H2,1-2H3,(H,44,47)(H,45,49). The lowest BCUT2D eigenvalue weighted by molar-refractivity contribution is -0.142. The maximum absolute atomic E-state index is 14.3. The number of benzene rings is 1. The number of fused-ring (bicyclic) bond motifs is 3. The first-order valence-corrected chi connectivity index (χ1v) is 21.1. The number of thiazole rings is 1. The fraction of sp³-hybridized carbons (Fsp3) is 0.541. The summed E-state index contributed by atoms with van der Waals surface area (Å²) < 4.78 is 74.8. The molecule has 2 aliphatic carbocycles. The molecule has 4 aliphatic rings. The summed E-state index contributed by atoms with van der Waals surface area (Å²) in [5, 5.41) is 3.95. The van der Waals surface area contributed by atoms with E-state index in [0.717, 1.165) is 48.0 Å². The summed E-state index contributed by atoms with van der Waals surface area (Å²) in [7, 11) is -3.90. The van der Waals surface area contributed by atoms with Crippen LogP contribution < -0.4 is 14.8 Å². The van der Waals surface area contributed by atoms with E-state index in [2.05, 4.69) is 20.0 Å². The maximum Gasteiger partial charge on any atom is 0.434 e. The van der Waals surface area contributed by atoms with Gasteiger partial charge in [-0.3, -0.25) is 19.1 Å². The third-order valence-electron chi connectivity index (χ3n) is 10.8. The Balaban J connectivity index is 1.22. The fourth-order valence-corrected chi connectivity index (χ4v) is 9.84. The summed E-state index contributed by atoms with van der Waals surface area (Å²) in [5.74, 6) is -2.26. The van der Waals surface area contributed by atoms with Crippen molar-refractivity contribution in [2.24, 2.45) is 11.8 Å². The Morgan fingerprint density at radius 2 is 1.94 bits per heavy atom. The lowest BCUT2D eigenvalue weighted by atomic mass is 10.0. The van der Waals surface area contributed by atoms with Crippen molar-refractivity contribution < 1.29 is 40.7 Å². The van der Waals surface area contributed by atoms with Crippen molar-refractivity contribution in [3.05, 3.63) is 52.0 Å². The Hall–Kier alpha value is -3.76. The van der Waals surface area contributed by atoms with Gasteiger partial charge in [0, 0.05) is 35.1 Å². The topological polar surface area (TPSA) is 148 Å². The maximum atomic E-state index is 14.3. The first-order valence-electron chi connectivity index (χ1n) is 18.3. The molecular weight excluding hydrogens is 767 g/mol. The number of aromatic nitrogens is 2. The number of nitrogens with zero attached hydrogens (tertiary/aromatic N) is 3. The molecule has 3 amide bonds. The van der Waals surface area contributed by atoms with E-state index in [1.54, 1.807) is 6.07 Å². The van der Waals surface area contributed by atoms with Crippen molar-refractivity contribution in [2.75, 3.05) is 6.54 Å². The van der Waals surface area contributed by atoms with Crippen LogP contribution >= 0.6 is 22.9 Å². The van der Waals surface area contributed by atoms with Gasteiger partial charge in [0.2, 0.25) is 21.8 Å². The van der Waals surface area contributed by atoms with Crippen LogP contribution in [0.5, 0.6) is 5.75 Å². The summed E-state index contributed by atoms with van der Waals surface area (Å²) in [6.45, 7) is 3.74. The predicted octanol–water partition coefficient (Wildman–Crippen LogP) is 6.58. The highest BCUT2D eigenvalue weighted by Gasteiger charge is 2.62. The number of amides is 3. The summed E-state index contributed by atoms with van der Waals surface area (Å²) in [6, 6.07) is 4.02. The van der Waals surface area contributed by atoms with Gasteiger partial charge in [-0.2, -0.15) is 13.2 Å². The summed E-state index contributed by atoms with van der Waals surface area (Å²) in [4.78, 5) is 51.8. The Morgan fingerprint density at radius 3 is 2.65 bits per heavy atom. The molecule has 290 valence electrons. The lowest BCUT2D eigenvalue weighted by Crippen LogP contribution is -2.57. The largest absolute Gasteiger partial charge is 0.488 e. The van der Waals surface area contributed by atoms with Gasteiger partial charge in [0.05, 0.1) is 22.3 Å². The summed E-state index contributed by atoms with van der Waals surface area (Å²) >= 11 is 7.55. The third-order valence-corrected chi connectivity index (χ3v) is 13.9. The molecule has 4 heterocycles. The minimum absolute atomic E-state index is 0.00909. The zero-order valence-electron chi connectivity index (χ0n) is 29.7. The number of carbonyl (C=O) groups is 3. The average Bonchev–Trinajstić information content (AvgIpc) is 3.99. The van der Waals surface area contributed by atoms with Crippen LogP contribution in [0.4, 0.5) is 13.2 Å². The van der Waals surface area contributed by atoms with Crippen LogP contribution in [0.15, 0.2) is 35.7 Å². The normalized spacial score (nSPS) is 26.7. The summed E-state index contributed by atoms with van der Waals surface area (Å²) in [5.41, 5.74) is -1.35. The molecule has 0 spiro atoms. The zero-order chi connectivity index (χ0) is 38.6. The molecule has 2 aromatic heterocycles. The minimum atomic E-state index is -4.65. The minimum Gasteiger partial charge on any atom is -0.488 e. The Labute approximate surface area is 320 Å². The molecule has 0 bridgehead atoms. The molecule has 5 atom stereocenters. The number of hydrogen-bond donors (Lipinski definition) is 2. The molecule has 17 heteroatoms. The highest BCUT2D eigenvalue weighted by Crippen LogP contribution is 2.46. The molecule has 54 heavy (non-hydrogen) atoms. The van der Waals surface area contributed by atoms with Gasteiger partial charge in [-0.1, -0.05) is 56.5 Å². The van der Waals surface area contributed by atoms with E-state index in [9.17, 15) is 36.0 Å². The number of ether oxygens (including phenoxy) is 1. The fourth-order valence-electron chi connectivity index (χ4n) is 7.35. The molecule has 1 saturated heterocycles. The molecule has 0 radical (unpaired) electrons. The molecule has 3 fully saturated rings. The second kappa shape index (κ2) is 14.7. The van der Waals surface area contributed by atoms with E-state index >= 15 is 0 Å². The molecular formula is C37H41ClF3N5O6S2. The highest BCUT2D eigenvalue weighted by atomic mass is 35.5. The van der Waals surface area contributed by atoms with Crippen molar-refractivity contribution in [1.29, 1.82) is 0 Å². The number of sulfonamides is 1. The van der Waals surface area contributed by atoms with Gasteiger partial charge in [-0.15, -0.1) is 11.3 Å². The van der Waals surface area contributed by atoms with Crippen LogP contribution in [0, 0.1) is 11.8 Å². The smallest absolute Gasteiger partial charge is 0.434 e. The predicted molar refractivity (Wildman–Crippen MR) is 197 cm³/mol. The van der Waals surface area contributed by atoms with Crippen molar-refractivity contribution in [3.63, 3.8) is 0 Å². The first kappa shape index (κ1) is 38.5. The molecule has 2 aliphatic heterocycles. The molecule has 1 aromatic carbocycles. The molecule has 5 unspecified atom stereocenters. The van der Waals surface area contributed by atoms with Crippen LogP contribution in [0.1, 0.15) is 82.9 Å². The van der Waals surface area contributed by atoms with Crippen molar-refractivity contribution in [1.82, 2.24) is 24.9 Å². The van der Waals surface area contributed by atoms with Gasteiger partial charge >= 0.3 is 6.18 Å². The van der Waals surface area contributed by atoms with E-state index in [1.807, 2.05) is 32.1 Å². The quantitative estimate of drug-likeness (QED) is 0.255. The number of hydrogen-bond acceptors (Lipinski definition) is 9. The van der Waals surface area contributed by atoms with E-state index in [-0.39, 0.29) is 41.7 Å². The zero-order valence-corrected chi connectivity index (χ0v) is 32.1. The Bertz CT molecular complexity index is 2120. The van der Waals surface area contributed by atoms with Gasteiger partial charge in [0.25, 0.3) is 5.91 Å². The third kappa shape index (κ3) is 7.70. The van der Waals surface area contributed by atoms with Crippen LogP contribution in [0.25, 0.3) is 21.6 Å². The second-order valence-electron chi connectivity index (χ2n) is 14.7. The van der Waals surface area contributed by atoms with Gasteiger partial charge in [-0.25, -0.2) is 18.4 Å². The van der Waals surface area contributed by atoms with E-state index in [4.69, 9.17) is 16.3 Å². The van der Waals surface area contributed by atoms with Gasteiger partial charge in [-0.05, 0) is 56.6 Å². The monoisotopic (exact) mass is 807 g/mol. The SMILES string of the molecule is CCc1ccc2c(OC3CC4C(=O)NC5(C(=O)NS(=O)(=O)C6CC6)CC5C=CCCCCCC(C)C(=O)N4C3)cc(-c3nc(C(F)(F)F)cs3)nc2c1Cl. The molecule has 7 rings (SSSR count). The second-order valence-corrected chi connectivity index (χ2v) is 17.9. The van der Waals surface area contributed by atoms with Crippen LogP contribution in [-0.2, 0) is 37.0 Å². The number of halogens is 4. The molecule has 2 saturated carbocycles. The van der Waals surface area contributed by atoms with Crippen molar-refractivity contribution >= 4 is 61.6 Å². The van der Waals surface area contributed by atoms with Gasteiger partial charge < -0.3 is 15.0 Å². The Morgan fingerprint density at radius 1 is 1.17 bits per heavy atom. The van der Waals surface area contributed by atoms with Crippen LogP contribution in [0.3, 0.4) is 0 Å². The number of alkyl halides is 3. The van der Waals surface area contributed by atoms with Crippen molar-refractivity contribution in [2.45, 2.75) is 107 Å². The number of aryl methyl sites for hydroxylation is 1. The van der Waals surface area contributed by atoms with Crippen LogP contribution in [-0.4, -0.2) is 70.5 Å². The average molecular weight is 808 g/mol. The van der Waals surface area contributed by atoms with E-state index in [1.165, 1.54) is 11.0 Å². The number of nitrogens with one attached hydrogen (secondary N) is 2. The number of pyridine rings is 1. The van der Waals surface area contributed by atoms with Crippen LogP contribution in [0.2, 0.25) is 5.02 Å². The Kier molecular flexibility index (Phi) is 10.5. The first-order chi connectivity index (χ1) is 25.6. The van der Waals surface area contributed by atoms with Crippen molar-refractivity contribution in [3.8, 4) is 16.5 Å². The summed E-state index contributed by atoms with van der Waals surface area (Å²) in [6.07, 6.45) is 4.06. The molecule has 2 N–H and O–H groups in total.